The smallest absolute Gasteiger partial charge is 0.253 e. The first-order valence-corrected chi connectivity index (χ1v) is 5.83. The number of nitrogens with one attached hydrogen (secondary N) is 1. The molecule has 0 bridgehead atoms. The Bertz CT molecular complexity index is 328. The van der Waals surface area contributed by atoms with Gasteiger partial charge in [0.25, 0.3) is 5.91 Å². The molecule has 0 aromatic heterocycles. The lowest BCUT2D eigenvalue weighted by molar-refractivity contribution is -0.128. The number of carbonyl (C=O) groups is 1. The lowest BCUT2D eigenvalue weighted by Gasteiger charge is -2.03. The number of thioether (sulfide) groups is 1. The van der Waals surface area contributed by atoms with Gasteiger partial charge in [-0.1, -0.05) is 29.8 Å². The Kier molecular flexibility index (Phi) is 5.21. The lowest BCUT2D eigenvalue weighted by atomic mass is 10.2. The van der Waals surface area contributed by atoms with Crippen LogP contribution in [0, 0.1) is 6.92 Å². The Balaban J connectivity index is 2.28. The van der Waals surface area contributed by atoms with Crippen LogP contribution in [0.3, 0.4) is 0 Å². The molecule has 1 rings (SSSR count). The molecule has 0 aliphatic carbocycles. The second-order valence-corrected chi connectivity index (χ2v) is 4.20. The Morgan fingerprint density at radius 1 is 1.53 bits per heavy atom. The minimum Gasteiger partial charge on any atom is -0.277 e. The van der Waals surface area contributed by atoms with Crippen molar-refractivity contribution in [2.45, 2.75) is 12.7 Å². The molecule has 4 heteroatoms. The van der Waals surface area contributed by atoms with Crippen LogP contribution < -0.4 is 5.48 Å². The second kappa shape index (κ2) is 6.48. The van der Waals surface area contributed by atoms with Gasteiger partial charge in [0, 0.05) is 5.75 Å². The highest BCUT2D eigenvalue weighted by Crippen LogP contribution is 2.12. The molecule has 0 aliphatic rings. The first-order valence-electron chi connectivity index (χ1n) is 4.67. The second-order valence-electron chi connectivity index (χ2n) is 3.21. The van der Waals surface area contributed by atoms with Gasteiger partial charge >= 0.3 is 0 Å². The molecule has 0 fully saturated rings. The van der Waals surface area contributed by atoms with E-state index >= 15 is 0 Å². The fraction of sp³-hybridized carbons (Fsp3) is 0.364. The summed E-state index contributed by atoms with van der Waals surface area (Å²) in [6, 6.07) is 8.28. The number of hydrogen-bond acceptors (Lipinski definition) is 3. The Morgan fingerprint density at radius 3 is 3.00 bits per heavy atom. The van der Waals surface area contributed by atoms with E-state index in [1.807, 2.05) is 6.07 Å². The zero-order valence-electron chi connectivity index (χ0n) is 8.95. The summed E-state index contributed by atoms with van der Waals surface area (Å²) in [5.74, 6) is 1.16. The molecule has 0 heterocycles. The van der Waals surface area contributed by atoms with Crippen molar-refractivity contribution in [3.05, 3.63) is 35.4 Å². The molecule has 1 aromatic rings. The predicted octanol–water partition coefficient (Wildman–Crippen LogP) is 1.91. The van der Waals surface area contributed by atoms with Gasteiger partial charge in [-0.15, -0.1) is 11.8 Å². The summed E-state index contributed by atoms with van der Waals surface area (Å²) >= 11 is 1.57. The summed E-state index contributed by atoms with van der Waals surface area (Å²) < 4.78 is 0. The number of amides is 1. The number of rotatable bonds is 5. The van der Waals surface area contributed by atoms with E-state index in [1.54, 1.807) is 11.8 Å². The SMILES string of the molecule is CONC(=O)CSCc1cccc(C)c1. The van der Waals surface area contributed by atoms with Crippen molar-refractivity contribution in [3.63, 3.8) is 0 Å². The number of benzene rings is 1. The monoisotopic (exact) mass is 225 g/mol. The molecule has 0 atom stereocenters. The van der Waals surface area contributed by atoms with Gasteiger partial charge in [0.05, 0.1) is 12.9 Å². The molecule has 1 N–H and O–H groups in total. The van der Waals surface area contributed by atoms with Gasteiger partial charge in [0.15, 0.2) is 0 Å². The van der Waals surface area contributed by atoms with Crippen LogP contribution in [-0.2, 0) is 15.4 Å². The van der Waals surface area contributed by atoms with Crippen LogP contribution in [0.5, 0.6) is 0 Å². The van der Waals surface area contributed by atoms with Crippen molar-refractivity contribution < 1.29 is 9.63 Å². The molecule has 82 valence electrons. The molecule has 3 nitrogen and oxygen atoms in total. The summed E-state index contributed by atoms with van der Waals surface area (Å²) in [5.41, 5.74) is 4.77. The van der Waals surface area contributed by atoms with Crippen molar-refractivity contribution in [2.75, 3.05) is 12.9 Å². The highest BCUT2D eigenvalue weighted by molar-refractivity contribution is 7.99. The first kappa shape index (κ1) is 12.1. The summed E-state index contributed by atoms with van der Waals surface area (Å²) in [5, 5.41) is 0. The molecule has 0 saturated carbocycles. The molecule has 0 aliphatic heterocycles. The van der Waals surface area contributed by atoms with E-state index in [1.165, 1.54) is 18.2 Å². The van der Waals surface area contributed by atoms with Gasteiger partial charge < -0.3 is 0 Å². The number of hydrogen-bond donors (Lipinski definition) is 1. The Labute approximate surface area is 94.2 Å². The molecular formula is C11H15NO2S. The normalized spacial score (nSPS) is 10.0. The van der Waals surface area contributed by atoms with Crippen molar-refractivity contribution in [1.82, 2.24) is 5.48 Å². The lowest BCUT2D eigenvalue weighted by Crippen LogP contribution is -2.23. The van der Waals surface area contributed by atoms with Crippen LogP contribution in [-0.4, -0.2) is 18.8 Å². The summed E-state index contributed by atoms with van der Waals surface area (Å²) in [4.78, 5) is 15.6. The summed E-state index contributed by atoms with van der Waals surface area (Å²) in [6.07, 6.45) is 0. The van der Waals surface area contributed by atoms with Crippen LogP contribution in [0.2, 0.25) is 0 Å². The molecule has 0 radical (unpaired) electrons. The Hall–Kier alpha value is -1.00. The van der Waals surface area contributed by atoms with Crippen LogP contribution >= 0.6 is 11.8 Å². The highest BCUT2D eigenvalue weighted by Gasteiger charge is 2.00. The molecule has 15 heavy (non-hydrogen) atoms. The average molecular weight is 225 g/mol. The summed E-state index contributed by atoms with van der Waals surface area (Å²) in [6.45, 7) is 2.06. The maximum absolute atomic E-state index is 11.0. The molecular weight excluding hydrogens is 210 g/mol. The van der Waals surface area contributed by atoms with Gasteiger partial charge in [0.2, 0.25) is 0 Å². The maximum atomic E-state index is 11.0. The van der Waals surface area contributed by atoms with Crippen molar-refractivity contribution >= 4 is 17.7 Å². The minimum absolute atomic E-state index is 0.102. The summed E-state index contributed by atoms with van der Waals surface area (Å²) in [7, 11) is 1.43. The number of hydroxylamine groups is 1. The van der Waals surface area contributed by atoms with Crippen molar-refractivity contribution in [3.8, 4) is 0 Å². The van der Waals surface area contributed by atoms with E-state index in [2.05, 4.69) is 35.4 Å². The van der Waals surface area contributed by atoms with E-state index in [0.29, 0.717) is 5.75 Å². The topological polar surface area (TPSA) is 38.3 Å². The van der Waals surface area contributed by atoms with Gasteiger partial charge in [0.1, 0.15) is 0 Å². The first-order chi connectivity index (χ1) is 7.22. The Morgan fingerprint density at radius 2 is 2.33 bits per heavy atom. The fourth-order valence-corrected chi connectivity index (χ4v) is 1.97. The van der Waals surface area contributed by atoms with E-state index in [0.717, 1.165) is 5.75 Å². The van der Waals surface area contributed by atoms with Crippen LogP contribution in [0.1, 0.15) is 11.1 Å². The average Bonchev–Trinajstić information content (AvgIpc) is 2.18. The third-order valence-corrected chi connectivity index (χ3v) is 2.80. The van der Waals surface area contributed by atoms with Crippen LogP contribution in [0.25, 0.3) is 0 Å². The van der Waals surface area contributed by atoms with E-state index < -0.39 is 0 Å². The van der Waals surface area contributed by atoms with Crippen LogP contribution in [0.4, 0.5) is 0 Å². The fourth-order valence-electron chi connectivity index (χ4n) is 1.21. The number of aryl methyl sites for hydroxylation is 1. The quantitative estimate of drug-likeness (QED) is 0.778. The van der Waals surface area contributed by atoms with Crippen LogP contribution in [0.15, 0.2) is 24.3 Å². The van der Waals surface area contributed by atoms with E-state index in [4.69, 9.17) is 0 Å². The zero-order chi connectivity index (χ0) is 11.1. The molecule has 1 aromatic carbocycles. The highest BCUT2D eigenvalue weighted by atomic mass is 32.2. The molecule has 0 saturated heterocycles. The maximum Gasteiger partial charge on any atom is 0.253 e. The zero-order valence-corrected chi connectivity index (χ0v) is 9.76. The number of carbonyl (C=O) groups excluding carboxylic acids is 1. The largest absolute Gasteiger partial charge is 0.277 e. The molecule has 0 spiro atoms. The third-order valence-electron chi connectivity index (χ3n) is 1.80. The van der Waals surface area contributed by atoms with E-state index in [-0.39, 0.29) is 5.91 Å². The standard InChI is InChI=1S/C11H15NO2S/c1-9-4-3-5-10(6-9)7-15-8-11(13)12-14-2/h3-6H,7-8H2,1-2H3,(H,12,13). The van der Waals surface area contributed by atoms with Gasteiger partial charge in [-0.3, -0.25) is 9.63 Å². The third kappa shape index (κ3) is 4.85. The van der Waals surface area contributed by atoms with Gasteiger partial charge in [-0.25, -0.2) is 5.48 Å². The van der Waals surface area contributed by atoms with Crippen molar-refractivity contribution in [2.24, 2.45) is 0 Å². The predicted molar refractivity (Wildman–Crippen MR) is 62.5 cm³/mol. The molecule has 0 unspecified atom stereocenters. The van der Waals surface area contributed by atoms with Crippen molar-refractivity contribution in [1.29, 1.82) is 0 Å². The molecule has 1 amide bonds. The minimum atomic E-state index is -0.102. The van der Waals surface area contributed by atoms with E-state index in [9.17, 15) is 4.79 Å². The van der Waals surface area contributed by atoms with Gasteiger partial charge in [-0.2, -0.15) is 0 Å². The van der Waals surface area contributed by atoms with Gasteiger partial charge in [-0.05, 0) is 12.5 Å².